The second kappa shape index (κ2) is 8.80. The topological polar surface area (TPSA) is 49.3 Å². The van der Waals surface area contributed by atoms with Crippen molar-refractivity contribution in [2.75, 3.05) is 24.7 Å². The minimum absolute atomic E-state index is 0.163. The van der Waals surface area contributed by atoms with Crippen LogP contribution < -0.4 is 5.32 Å². The third kappa shape index (κ3) is 5.18. The highest BCUT2D eigenvalue weighted by molar-refractivity contribution is 9.10. The molecule has 3 nitrogen and oxygen atoms in total. The van der Waals surface area contributed by atoms with Gasteiger partial charge in [0.05, 0.1) is 10.6 Å². The van der Waals surface area contributed by atoms with Crippen molar-refractivity contribution in [1.82, 2.24) is 5.32 Å². The van der Waals surface area contributed by atoms with Crippen LogP contribution in [-0.4, -0.2) is 35.7 Å². The third-order valence-corrected chi connectivity index (χ3v) is 4.54. The summed E-state index contributed by atoms with van der Waals surface area (Å²) in [5.41, 5.74) is 0.478. The van der Waals surface area contributed by atoms with E-state index in [4.69, 9.17) is 16.7 Å². The van der Waals surface area contributed by atoms with Gasteiger partial charge in [-0.2, -0.15) is 11.8 Å². The summed E-state index contributed by atoms with van der Waals surface area (Å²) < 4.78 is 0.717. The quantitative estimate of drug-likeness (QED) is 0.742. The van der Waals surface area contributed by atoms with Gasteiger partial charge in [0.25, 0.3) is 5.91 Å². The lowest BCUT2D eigenvalue weighted by atomic mass is 10.2. The van der Waals surface area contributed by atoms with Crippen molar-refractivity contribution in [3.8, 4) is 0 Å². The normalized spacial score (nSPS) is 10.4. The first-order valence-corrected chi connectivity index (χ1v) is 7.90. The molecule has 1 aromatic carbocycles. The summed E-state index contributed by atoms with van der Waals surface area (Å²) in [6.07, 6.45) is 0.788. The Morgan fingerprint density at radius 1 is 1.44 bits per heavy atom. The number of amides is 1. The zero-order chi connectivity index (χ0) is 13.4. The average molecular weight is 353 g/mol. The molecule has 0 aliphatic heterocycles. The number of halogens is 2. The first kappa shape index (κ1) is 15.8. The van der Waals surface area contributed by atoms with Gasteiger partial charge in [0.1, 0.15) is 0 Å². The predicted molar refractivity (Wildman–Crippen MR) is 80.5 cm³/mol. The maximum absolute atomic E-state index is 11.8. The number of carbonyl (C=O) groups is 1. The fraction of sp³-hybridized carbons (Fsp3) is 0.417. The summed E-state index contributed by atoms with van der Waals surface area (Å²) in [5, 5.41) is 11.9. The molecule has 0 bridgehead atoms. The molecular weight excluding hydrogens is 338 g/mol. The predicted octanol–water partition coefficient (Wildman–Crippen LogP) is 2.95. The number of nitrogens with one attached hydrogen (secondary N) is 1. The van der Waals surface area contributed by atoms with Crippen LogP contribution >= 0.6 is 39.3 Å². The van der Waals surface area contributed by atoms with Crippen LogP contribution in [0.15, 0.2) is 22.7 Å². The summed E-state index contributed by atoms with van der Waals surface area (Å²) in [6, 6.07) is 5.27. The number of thioether (sulfide) groups is 1. The van der Waals surface area contributed by atoms with Crippen molar-refractivity contribution in [2.45, 2.75) is 6.42 Å². The van der Waals surface area contributed by atoms with Crippen LogP contribution in [-0.2, 0) is 0 Å². The third-order valence-electron chi connectivity index (χ3n) is 2.17. The Balaban J connectivity index is 2.35. The molecule has 0 unspecified atom stereocenters. The van der Waals surface area contributed by atoms with Crippen LogP contribution in [0.25, 0.3) is 0 Å². The lowest BCUT2D eigenvalue weighted by Gasteiger charge is -2.07. The summed E-state index contributed by atoms with van der Waals surface area (Å²) in [5.74, 6) is 1.57. The molecule has 1 aromatic rings. The smallest absolute Gasteiger partial charge is 0.252 e. The maximum atomic E-state index is 11.8. The molecule has 0 saturated carbocycles. The largest absolute Gasteiger partial charge is 0.396 e. The van der Waals surface area contributed by atoms with Crippen LogP contribution in [0.4, 0.5) is 0 Å². The fourth-order valence-electron chi connectivity index (χ4n) is 1.28. The Kier molecular flexibility index (Phi) is 7.74. The first-order valence-electron chi connectivity index (χ1n) is 5.57. The highest BCUT2D eigenvalue weighted by Crippen LogP contribution is 2.25. The molecule has 0 aliphatic rings. The van der Waals surface area contributed by atoms with Gasteiger partial charge in [-0.25, -0.2) is 0 Å². The number of aliphatic hydroxyl groups excluding tert-OH is 1. The molecule has 0 atom stereocenters. The van der Waals surface area contributed by atoms with E-state index >= 15 is 0 Å². The zero-order valence-electron chi connectivity index (χ0n) is 9.79. The van der Waals surface area contributed by atoms with Crippen molar-refractivity contribution in [1.29, 1.82) is 0 Å². The van der Waals surface area contributed by atoms with E-state index in [0.29, 0.717) is 21.6 Å². The van der Waals surface area contributed by atoms with E-state index in [2.05, 4.69) is 21.2 Å². The number of hydrogen-bond acceptors (Lipinski definition) is 3. The molecule has 1 rings (SSSR count). The van der Waals surface area contributed by atoms with Crippen LogP contribution in [0.2, 0.25) is 5.02 Å². The minimum Gasteiger partial charge on any atom is -0.396 e. The second-order valence-electron chi connectivity index (χ2n) is 3.55. The molecule has 2 N–H and O–H groups in total. The van der Waals surface area contributed by atoms with Gasteiger partial charge in [-0.1, -0.05) is 17.7 Å². The van der Waals surface area contributed by atoms with Gasteiger partial charge in [-0.05, 0) is 40.2 Å². The van der Waals surface area contributed by atoms with Gasteiger partial charge in [0.15, 0.2) is 0 Å². The van der Waals surface area contributed by atoms with Crippen molar-refractivity contribution >= 4 is 45.2 Å². The minimum atomic E-state index is -0.163. The molecule has 0 saturated heterocycles. The highest BCUT2D eigenvalue weighted by atomic mass is 79.9. The van der Waals surface area contributed by atoms with Gasteiger partial charge < -0.3 is 10.4 Å². The molecule has 0 fully saturated rings. The number of benzene rings is 1. The molecule has 0 aromatic heterocycles. The van der Waals surface area contributed by atoms with E-state index in [1.807, 2.05) is 0 Å². The van der Waals surface area contributed by atoms with Gasteiger partial charge >= 0.3 is 0 Å². The first-order chi connectivity index (χ1) is 8.66. The van der Waals surface area contributed by atoms with Crippen molar-refractivity contribution in [3.05, 3.63) is 33.3 Å². The lowest BCUT2D eigenvalue weighted by Crippen LogP contribution is -2.26. The van der Waals surface area contributed by atoms with E-state index < -0.39 is 0 Å². The van der Waals surface area contributed by atoms with Gasteiger partial charge in [0.2, 0.25) is 0 Å². The Hall–Kier alpha value is -0.230. The molecule has 0 spiro atoms. The molecule has 100 valence electrons. The van der Waals surface area contributed by atoms with E-state index in [1.54, 1.807) is 30.0 Å². The van der Waals surface area contributed by atoms with Crippen LogP contribution in [0.1, 0.15) is 16.8 Å². The van der Waals surface area contributed by atoms with E-state index in [1.165, 1.54) is 0 Å². The van der Waals surface area contributed by atoms with Crippen molar-refractivity contribution < 1.29 is 9.90 Å². The molecular formula is C12H15BrClNO2S. The SMILES string of the molecule is O=C(NCCSCCCO)c1cccc(Br)c1Cl. The number of carbonyl (C=O) groups excluding carboxylic acids is 1. The molecule has 1 amide bonds. The van der Waals surface area contributed by atoms with Crippen molar-refractivity contribution in [2.24, 2.45) is 0 Å². The molecule has 18 heavy (non-hydrogen) atoms. The van der Waals surface area contributed by atoms with E-state index in [-0.39, 0.29) is 12.5 Å². The van der Waals surface area contributed by atoms with Gasteiger partial charge in [-0.15, -0.1) is 0 Å². The monoisotopic (exact) mass is 351 g/mol. The van der Waals surface area contributed by atoms with Crippen LogP contribution in [0.5, 0.6) is 0 Å². The Labute approximate surface area is 124 Å². The van der Waals surface area contributed by atoms with Gasteiger partial charge in [0, 0.05) is 23.4 Å². The van der Waals surface area contributed by atoms with Crippen molar-refractivity contribution in [3.63, 3.8) is 0 Å². The fourth-order valence-corrected chi connectivity index (χ4v) is 2.64. The van der Waals surface area contributed by atoms with Crippen LogP contribution in [0.3, 0.4) is 0 Å². The number of aliphatic hydroxyl groups is 1. The van der Waals surface area contributed by atoms with Gasteiger partial charge in [-0.3, -0.25) is 4.79 Å². The summed E-state index contributed by atoms with van der Waals surface area (Å²) in [7, 11) is 0. The lowest BCUT2D eigenvalue weighted by molar-refractivity contribution is 0.0956. The summed E-state index contributed by atoms with van der Waals surface area (Å²) in [6.45, 7) is 0.810. The Bertz CT molecular complexity index is 404. The molecule has 0 radical (unpaired) electrons. The molecule has 6 heteroatoms. The number of rotatable bonds is 7. The summed E-state index contributed by atoms with van der Waals surface area (Å²) >= 11 is 11.0. The standard InChI is InChI=1S/C12H15BrClNO2S/c13-10-4-1-3-9(11(10)14)12(17)15-5-8-18-7-2-6-16/h1,3-4,16H,2,5-8H2,(H,15,17). The highest BCUT2D eigenvalue weighted by Gasteiger charge is 2.11. The molecule has 0 aliphatic carbocycles. The van der Waals surface area contributed by atoms with Crippen LogP contribution in [0, 0.1) is 0 Å². The van der Waals surface area contributed by atoms with E-state index in [0.717, 1.165) is 17.9 Å². The Morgan fingerprint density at radius 2 is 2.22 bits per heavy atom. The Morgan fingerprint density at radius 3 is 2.94 bits per heavy atom. The summed E-state index contributed by atoms with van der Waals surface area (Å²) in [4.78, 5) is 11.8. The average Bonchev–Trinajstić information content (AvgIpc) is 2.36. The zero-order valence-corrected chi connectivity index (χ0v) is 12.9. The molecule has 0 heterocycles. The number of hydrogen-bond donors (Lipinski definition) is 2. The maximum Gasteiger partial charge on any atom is 0.252 e. The van der Waals surface area contributed by atoms with E-state index in [9.17, 15) is 4.79 Å². The second-order valence-corrected chi connectivity index (χ2v) is 6.00.